The monoisotopic (exact) mass is 268 g/mol. The Hall–Kier alpha value is -3.12. The number of rotatable bonds is 1. The van der Waals surface area contributed by atoms with Crippen molar-refractivity contribution >= 4 is 5.82 Å². The third-order valence-electron chi connectivity index (χ3n) is 2.93. The molecule has 0 saturated carbocycles. The van der Waals surface area contributed by atoms with E-state index in [-0.39, 0.29) is 28.1 Å². The van der Waals surface area contributed by atoms with E-state index in [1.165, 1.54) is 6.07 Å². The highest BCUT2D eigenvalue weighted by Gasteiger charge is 2.21. The zero-order chi connectivity index (χ0) is 14.9. The normalized spacial score (nSPS) is 9.80. The summed E-state index contributed by atoms with van der Waals surface area (Å²) in [6.07, 6.45) is 0. The van der Waals surface area contributed by atoms with Gasteiger partial charge in [0.15, 0.2) is 0 Å². The molecule has 0 radical (unpaired) electrons. The summed E-state index contributed by atoms with van der Waals surface area (Å²) in [5.74, 6) is -0.780. The molecule has 2 rings (SSSR count). The van der Waals surface area contributed by atoms with Gasteiger partial charge in [0.05, 0.1) is 0 Å². The zero-order valence-electron chi connectivity index (χ0n) is 10.5. The van der Waals surface area contributed by atoms with E-state index in [9.17, 15) is 9.18 Å². The summed E-state index contributed by atoms with van der Waals surface area (Å²) in [6.45, 7) is 1.55. The molecule has 20 heavy (non-hydrogen) atoms. The van der Waals surface area contributed by atoms with Crippen LogP contribution in [0.4, 0.5) is 10.2 Å². The Kier molecular flexibility index (Phi) is 3.24. The predicted molar refractivity (Wildman–Crippen MR) is 71.0 cm³/mol. The number of pyridine rings is 1. The average molecular weight is 268 g/mol. The molecule has 1 aromatic carbocycles. The number of nitrogens with one attached hydrogen (secondary N) is 1. The molecular weight excluding hydrogens is 259 g/mol. The minimum absolute atomic E-state index is 0.0101. The largest absolute Gasteiger partial charge is 0.384 e. The van der Waals surface area contributed by atoms with Crippen molar-refractivity contribution in [3.05, 3.63) is 51.1 Å². The van der Waals surface area contributed by atoms with E-state index < -0.39 is 11.4 Å². The van der Waals surface area contributed by atoms with Crippen LogP contribution in [0.5, 0.6) is 0 Å². The number of H-pyrrole nitrogens is 1. The first kappa shape index (κ1) is 13.3. The van der Waals surface area contributed by atoms with Crippen LogP contribution in [0.2, 0.25) is 0 Å². The highest BCUT2D eigenvalue weighted by atomic mass is 19.1. The molecule has 0 atom stereocenters. The van der Waals surface area contributed by atoms with Crippen molar-refractivity contribution in [2.75, 3.05) is 5.73 Å². The fourth-order valence-electron chi connectivity index (χ4n) is 1.95. The van der Waals surface area contributed by atoms with E-state index >= 15 is 0 Å². The summed E-state index contributed by atoms with van der Waals surface area (Å²) in [5, 5.41) is 18.2. The van der Waals surface area contributed by atoms with Crippen molar-refractivity contribution in [2.24, 2.45) is 0 Å². The van der Waals surface area contributed by atoms with Crippen molar-refractivity contribution in [2.45, 2.75) is 6.92 Å². The van der Waals surface area contributed by atoms with Crippen LogP contribution < -0.4 is 11.3 Å². The molecule has 98 valence electrons. The molecule has 0 aliphatic rings. The molecule has 1 heterocycles. The Morgan fingerprint density at radius 3 is 2.50 bits per heavy atom. The van der Waals surface area contributed by atoms with Gasteiger partial charge in [0.1, 0.15) is 34.9 Å². The summed E-state index contributed by atoms with van der Waals surface area (Å²) in [5.41, 5.74) is 4.65. The van der Waals surface area contributed by atoms with Crippen LogP contribution in [0.1, 0.15) is 16.7 Å². The minimum Gasteiger partial charge on any atom is -0.384 e. The maximum Gasteiger partial charge on any atom is 0.268 e. The van der Waals surface area contributed by atoms with Crippen LogP contribution in [-0.2, 0) is 0 Å². The van der Waals surface area contributed by atoms with Gasteiger partial charge in [-0.3, -0.25) is 4.79 Å². The van der Waals surface area contributed by atoms with Crippen molar-refractivity contribution in [3.8, 4) is 23.3 Å². The number of halogens is 1. The van der Waals surface area contributed by atoms with E-state index in [0.717, 1.165) is 0 Å². The lowest BCUT2D eigenvalue weighted by atomic mass is 9.95. The minimum atomic E-state index is -0.750. The Bertz CT molecular complexity index is 840. The molecule has 0 fully saturated rings. The molecule has 1 aromatic heterocycles. The number of anilines is 1. The fraction of sp³-hybridized carbons (Fsp3) is 0.0714. The van der Waals surface area contributed by atoms with Gasteiger partial charge in [-0.25, -0.2) is 4.39 Å². The van der Waals surface area contributed by atoms with Crippen molar-refractivity contribution in [3.63, 3.8) is 0 Å². The lowest BCUT2D eigenvalue weighted by molar-refractivity contribution is 0.622. The Balaban J connectivity index is 3.01. The molecule has 6 heteroatoms. The van der Waals surface area contributed by atoms with Gasteiger partial charge in [-0.15, -0.1) is 0 Å². The Morgan fingerprint density at radius 1 is 1.25 bits per heavy atom. The maximum absolute atomic E-state index is 14.2. The number of aromatic nitrogens is 1. The van der Waals surface area contributed by atoms with Crippen LogP contribution >= 0.6 is 0 Å². The van der Waals surface area contributed by atoms with E-state index in [1.54, 1.807) is 31.2 Å². The standard InChI is InChI=1S/C14H9FN4O/c1-7-3-2-4-8(12(7)15)11-9(5-16)13(18)19-14(20)10(11)6-17/h2-4H,1H3,(H3,18,19,20). The lowest BCUT2D eigenvalue weighted by Gasteiger charge is -2.10. The van der Waals surface area contributed by atoms with E-state index in [1.807, 2.05) is 0 Å². The van der Waals surface area contributed by atoms with E-state index in [0.29, 0.717) is 5.56 Å². The third kappa shape index (κ3) is 1.90. The van der Waals surface area contributed by atoms with Crippen molar-refractivity contribution in [1.82, 2.24) is 4.98 Å². The van der Waals surface area contributed by atoms with Crippen LogP contribution in [0.25, 0.3) is 11.1 Å². The number of aryl methyl sites for hydroxylation is 1. The molecule has 0 aliphatic heterocycles. The highest BCUT2D eigenvalue weighted by molar-refractivity contribution is 5.80. The topological polar surface area (TPSA) is 106 Å². The molecule has 0 bridgehead atoms. The summed E-state index contributed by atoms with van der Waals surface area (Å²) >= 11 is 0. The first-order valence-electron chi connectivity index (χ1n) is 5.62. The summed E-state index contributed by atoms with van der Waals surface area (Å²) in [7, 11) is 0. The highest BCUT2D eigenvalue weighted by Crippen LogP contribution is 2.31. The smallest absolute Gasteiger partial charge is 0.268 e. The third-order valence-corrected chi connectivity index (χ3v) is 2.93. The number of nitrogen functional groups attached to an aromatic ring is 1. The van der Waals surface area contributed by atoms with Crippen molar-refractivity contribution < 1.29 is 4.39 Å². The van der Waals surface area contributed by atoms with Gasteiger partial charge in [0.2, 0.25) is 0 Å². The van der Waals surface area contributed by atoms with Gasteiger partial charge in [0, 0.05) is 11.1 Å². The van der Waals surface area contributed by atoms with Gasteiger partial charge >= 0.3 is 0 Å². The van der Waals surface area contributed by atoms with Gasteiger partial charge < -0.3 is 10.7 Å². The number of hydrogen-bond donors (Lipinski definition) is 2. The van der Waals surface area contributed by atoms with Crippen LogP contribution in [-0.4, -0.2) is 4.98 Å². The number of nitriles is 2. The average Bonchev–Trinajstić information content (AvgIpc) is 2.41. The number of hydrogen-bond acceptors (Lipinski definition) is 4. The van der Waals surface area contributed by atoms with Crippen LogP contribution in [0.3, 0.4) is 0 Å². The summed E-state index contributed by atoms with van der Waals surface area (Å²) in [4.78, 5) is 13.9. The lowest BCUT2D eigenvalue weighted by Crippen LogP contribution is -2.16. The van der Waals surface area contributed by atoms with Crippen LogP contribution in [0, 0.1) is 35.4 Å². The zero-order valence-corrected chi connectivity index (χ0v) is 10.5. The first-order chi connectivity index (χ1) is 9.51. The van der Waals surface area contributed by atoms with Gasteiger partial charge in [-0.05, 0) is 12.5 Å². The Morgan fingerprint density at radius 2 is 1.90 bits per heavy atom. The second-order valence-corrected chi connectivity index (χ2v) is 4.15. The van der Waals surface area contributed by atoms with E-state index in [4.69, 9.17) is 16.3 Å². The number of benzene rings is 1. The summed E-state index contributed by atoms with van der Waals surface area (Å²) < 4.78 is 14.2. The molecule has 0 aliphatic carbocycles. The number of nitrogens with zero attached hydrogens (tertiary/aromatic N) is 2. The van der Waals surface area contributed by atoms with Gasteiger partial charge in [-0.2, -0.15) is 10.5 Å². The summed E-state index contributed by atoms with van der Waals surface area (Å²) in [6, 6.07) is 8.02. The molecule has 0 amide bonds. The number of aromatic amines is 1. The van der Waals surface area contributed by atoms with Crippen molar-refractivity contribution in [1.29, 1.82) is 10.5 Å². The first-order valence-corrected chi connectivity index (χ1v) is 5.62. The molecule has 0 saturated heterocycles. The second kappa shape index (κ2) is 4.87. The number of nitrogens with two attached hydrogens (primary N) is 1. The van der Waals surface area contributed by atoms with Crippen LogP contribution in [0.15, 0.2) is 23.0 Å². The Labute approximate surface area is 113 Å². The molecule has 0 unspecified atom stereocenters. The quantitative estimate of drug-likeness (QED) is 0.822. The fourth-order valence-corrected chi connectivity index (χ4v) is 1.95. The maximum atomic E-state index is 14.2. The second-order valence-electron chi connectivity index (χ2n) is 4.15. The molecule has 5 nitrogen and oxygen atoms in total. The van der Waals surface area contributed by atoms with Gasteiger partial charge in [0.25, 0.3) is 5.56 Å². The molecule has 0 spiro atoms. The van der Waals surface area contributed by atoms with E-state index in [2.05, 4.69) is 4.98 Å². The molecule has 2 aromatic rings. The predicted octanol–water partition coefficient (Wildman–Crippen LogP) is 1.81. The molecular formula is C14H9FN4O. The SMILES string of the molecule is Cc1cccc(-c2c(C#N)c(N)[nH]c(=O)c2C#N)c1F. The van der Waals surface area contributed by atoms with Gasteiger partial charge in [-0.1, -0.05) is 18.2 Å². The molecule has 3 N–H and O–H groups in total.